The number of benzene rings is 2. The first-order valence-electron chi connectivity index (χ1n) is 10.5. The van der Waals surface area contributed by atoms with Crippen LogP contribution in [0, 0.1) is 6.92 Å². The van der Waals surface area contributed by atoms with Crippen LogP contribution < -0.4 is 10.9 Å². The molecule has 6 nitrogen and oxygen atoms in total. The Morgan fingerprint density at radius 1 is 1.03 bits per heavy atom. The first-order chi connectivity index (χ1) is 15.8. The van der Waals surface area contributed by atoms with Crippen molar-refractivity contribution in [3.63, 3.8) is 0 Å². The number of amides is 3. The largest absolute Gasteiger partial charge is 0.293 e. The van der Waals surface area contributed by atoms with Crippen LogP contribution in [-0.4, -0.2) is 33.5 Å². The number of carbonyl (C=O) groups is 3. The van der Waals surface area contributed by atoms with Gasteiger partial charge in [-0.15, -0.1) is 0 Å². The van der Waals surface area contributed by atoms with Gasteiger partial charge < -0.3 is 0 Å². The van der Waals surface area contributed by atoms with Gasteiger partial charge in [0.05, 0.1) is 4.91 Å². The maximum atomic E-state index is 12.7. The van der Waals surface area contributed by atoms with Crippen molar-refractivity contribution in [1.82, 2.24) is 15.8 Å². The summed E-state index contributed by atoms with van der Waals surface area (Å²) in [5, 5.41) is 0.532. The molecule has 0 radical (unpaired) electrons. The van der Waals surface area contributed by atoms with Gasteiger partial charge in [-0.3, -0.25) is 30.1 Å². The van der Waals surface area contributed by atoms with Crippen molar-refractivity contribution in [2.24, 2.45) is 0 Å². The zero-order valence-corrected chi connectivity index (χ0v) is 20.5. The lowest BCUT2D eigenvalue weighted by molar-refractivity contribution is -0.123. The summed E-state index contributed by atoms with van der Waals surface area (Å²) in [5.41, 5.74) is 7.32. The highest BCUT2D eigenvalue weighted by atomic mass is 35.5. The summed E-state index contributed by atoms with van der Waals surface area (Å²) in [4.78, 5) is 38.9. The van der Waals surface area contributed by atoms with Gasteiger partial charge >= 0.3 is 0 Å². The lowest BCUT2D eigenvalue weighted by Crippen LogP contribution is -2.41. The van der Waals surface area contributed by atoms with Crippen LogP contribution in [0.4, 0.5) is 0 Å². The quantitative estimate of drug-likeness (QED) is 0.233. The van der Waals surface area contributed by atoms with Crippen molar-refractivity contribution in [1.29, 1.82) is 0 Å². The molecule has 2 aromatic rings. The molecule has 2 N–H and O–H groups in total. The number of thioether (sulfide) groups is 1. The van der Waals surface area contributed by atoms with E-state index in [4.69, 9.17) is 23.8 Å². The Bertz CT molecular complexity index is 1070. The highest BCUT2D eigenvalue weighted by Crippen LogP contribution is 2.32. The standard InChI is InChI=1S/C24H24ClN3O3S2/c1-16-6-8-17(9-7-16)15-20-23(31)28(24(32)33-20)14-4-2-3-5-21(29)26-27-22(30)18-10-12-19(25)13-11-18/h6-13,15H,2-5,14H2,1H3,(H,26,29)(H,27,30). The summed E-state index contributed by atoms with van der Waals surface area (Å²) in [6.45, 7) is 2.54. The molecule has 0 unspecified atom stereocenters. The second-order valence-corrected chi connectivity index (χ2v) is 9.68. The van der Waals surface area contributed by atoms with Crippen LogP contribution in [0.2, 0.25) is 5.02 Å². The van der Waals surface area contributed by atoms with Gasteiger partial charge in [-0.25, -0.2) is 0 Å². The number of hydrogen-bond acceptors (Lipinski definition) is 5. The summed E-state index contributed by atoms with van der Waals surface area (Å²) >= 11 is 12.5. The Hall–Kier alpha value is -2.68. The smallest absolute Gasteiger partial charge is 0.269 e. The average molecular weight is 502 g/mol. The number of halogens is 1. The van der Waals surface area contributed by atoms with Crippen molar-refractivity contribution in [3.05, 3.63) is 75.1 Å². The van der Waals surface area contributed by atoms with Gasteiger partial charge in [0.25, 0.3) is 11.8 Å². The first-order valence-corrected chi connectivity index (χ1v) is 12.1. The number of carbonyl (C=O) groups excluding carboxylic acids is 3. The highest BCUT2D eigenvalue weighted by molar-refractivity contribution is 8.26. The molecule has 1 aliphatic heterocycles. The summed E-state index contributed by atoms with van der Waals surface area (Å²) in [6, 6.07) is 14.3. The van der Waals surface area contributed by atoms with Crippen LogP contribution >= 0.6 is 35.6 Å². The monoisotopic (exact) mass is 501 g/mol. The van der Waals surface area contributed by atoms with Crippen LogP contribution in [0.1, 0.15) is 47.2 Å². The molecule has 0 bridgehead atoms. The van der Waals surface area contributed by atoms with Gasteiger partial charge in [-0.05, 0) is 55.7 Å². The number of unbranched alkanes of at least 4 members (excludes halogenated alkanes) is 2. The molecule has 3 rings (SSSR count). The Morgan fingerprint density at radius 2 is 1.73 bits per heavy atom. The topological polar surface area (TPSA) is 78.5 Å². The molecular formula is C24H24ClN3O3S2. The van der Waals surface area contributed by atoms with Gasteiger partial charge in [0.15, 0.2) is 0 Å². The predicted octanol–water partition coefficient (Wildman–Crippen LogP) is 4.87. The van der Waals surface area contributed by atoms with E-state index in [2.05, 4.69) is 10.9 Å². The SMILES string of the molecule is Cc1ccc(C=C2SC(=S)N(CCCCCC(=O)NNC(=O)c3ccc(Cl)cc3)C2=O)cc1. The van der Waals surface area contributed by atoms with Crippen molar-refractivity contribution < 1.29 is 14.4 Å². The second kappa shape index (κ2) is 12.0. The number of hydrazine groups is 1. The number of aryl methyl sites for hydroxylation is 1. The summed E-state index contributed by atoms with van der Waals surface area (Å²) in [6.07, 6.45) is 4.26. The van der Waals surface area contributed by atoms with Crippen LogP contribution in [0.25, 0.3) is 6.08 Å². The van der Waals surface area contributed by atoms with Crippen molar-refractivity contribution in [3.8, 4) is 0 Å². The molecule has 3 amide bonds. The molecule has 33 heavy (non-hydrogen) atoms. The zero-order valence-electron chi connectivity index (χ0n) is 18.1. The zero-order chi connectivity index (χ0) is 23.8. The van der Waals surface area contributed by atoms with E-state index >= 15 is 0 Å². The van der Waals surface area contributed by atoms with Gasteiger partial charge in [0, 0.05) is 23.6 Å². The average Bonchev–Trinajstić information content (AvgIpc) is 3.06. The van der Waals surface area contributed by atoms with E-state index in [1.54, 1.807) is 29.2 Å². The van der Waals surface area contributed by atoms with Gasteiger partial charge in [-0.1, -0.05) is 71.8 Å². The lowest BCUT2D eigenvalue weighted by atomic mass is 10.1. The van der Waals surface area contributed by atoms with Crippen molar-refractivity contribution in [2.75, 3.05) is 6.54 Å². The Balaban J connectivity index is 1.35. The van der Waals surface area contributed by atoms with Crippen LogP contribution in [0.5, 0.6) is 0 Å². The molecule has 2 aromatic carbocycles. The number of rotatable bonds is 8. The number of nitrogens with zero attached hydrogens (tertiary/aromatic N) is 1. The molecule has 0 atom stereocenters. The van der Waals surface area contributed by atoms with E-state index in [0.29, 0.717) is 32.8 Å². The molecule has 1 fully saturated rings. The molecule has 1 saturated heterocycles. The molecule has 9 heteroatoms. The van der Waals surface area contributed by atoms with E-state index < -0.39 is 5.91 Å². The molecule has 1 aliphatic rings. The highest BCUT2D eigenvalue weighted by Gasteiger charge is 2.31. The summed E-state index contributed by atoms with van der Waals surface area (Å²) < 4.78 is 0.556. The van der Waals surface area contributed by atoms with Crippen molar-refractivity contribution in [2.45, 2.75) is 32.6 Å². The van der Waals surface area contributed by atoms with Crippen LogP contribution in [0.3, 0.4) is 0 Å². The fourth-order valence-corrected chi connectivity index (χ4v) is 4.54. The van der Waals surface area contributed by atoms with Crippen LogP contribution in [0.15, 0.2) is 53.4 Å². The van der Waals surface area contributed by atoms with E-state index in [1.165, 1.54) is 11.8 Å². The van der Waals surface area contributed by atoms with E-state index in [-0.39, 0.29) is 18.2 Å². The van der Waals surface area contributed by atoms with Gasteiger partial charge in [0.1, 0.15) is 4.32 Å². The molecule has 0 saturated carbocycles. The first kappa shape index (κ1) is 25.0. The lowest BCUT2D eigenvalue weighted by Gasteiger charge is -2.14. The molecule has 0 aromatic heterocycles. The fraction of sp³-hybridized carbons (Fsp3) is 0.250. The fourth-order valence-electron chi connectivity index (χ4n) is 3.10. The summed E-state index contributed by atoms with van der Waals surface area (Å²) in [5.74, 6) is -0.759. The third kappa shape index (κ3) is 7.42. The molecular weight excluding hydrogens is 478 g/mol. The van der Waals surface area contributed by atoms with Crippen LogP contribution in [-0.2, 0) is 9.59 Å². The minimum Gasteiger partial charge on any atom is -0.293 e. The molecule has 0 spiro atoms. The maximum absolute atomic E-state index is 12.7. The molecule has 172 valence electrons. The third-order valence-corrected chi connectivity index (χ3v) is 6.59. The second-order valence-electron chi connectivity index (χ2n) is 7.56. The van der Waals surface area contributed by atoms with Gasteiger partial charge in [0.2, 0.25) is 5.91 Å². The summed E-state index contributed by atoms with van der Waals surface area (Å²) in [7, 11) is 0. The minimum absolute atomic E-state index is 0.0757. The van der Waals surface area contributed by atoms with Crippen molar-refractivity contribution >= 4 is 63.7 Å². The number of nitrogens with one attached hydrogen (secondary N) is 2. The normalized spacial score (nSPS) is 14.6. The predicted molar refractivity (Wildman–Crippen MR) is 137 cm³/mol. The number of hydrogen-bond donors (Lipinski definition) is 2. The Kier molecular flexibility index (Phi) is 9.05. The minimum atomic E-state index is -0.409. The van der Waals surface area contributed by atoms with E-state index in [0.717, 1.165) is 24.0 Å². The number of thiocarbonyl (C=S) groups is 1. The van der Waals surface area contributed by atoms with Gasteiger partial charge in [-0.2, -0.15) is 0 Å². The van der Waals surface area contributed by atoms with E-state index in [1.807, 2.05) is 37.3 Å². The van der Waals surface area contributed by atoms with E-state index in [9.17, 15) is 14.4 Å². The molecule has 1 heterocycles. The maximum Gasteiger partial charge on any atom is 0.269 e. The molecule has 0 aliphatic carbocycles. The Morgan fingerprint density at radius 3 is 2.42 bits per heavy atom. The third-order valence-electron chi connectivity index (χ3n) is 4.96. The Labute approximate surface area is 207 Å².